The van der Waals surface area contributed by atoms with Crippen molar-refractivity contribution < 1.29 is 20.1 Å². The van der Waals surface area contributed by atoms with Gasteiger partial charge < -0.3 is 15.3 Å². The normalized spacial score (nSPS) is 56.3. The summed E-state index contributed by atoms with van der Waals surface area (Å²) in [7, 11) is 0. The lowest BCUT2D eigenvalue weighted by molar-refractivity contribution is -0.232. The minimum Gasteiger partial charge on any atom is -0.481 e. The van der Waals surface area contributed by atoms with Gasteiger partial charge in [-0.3, -0.25) is 4.79 Å². The number of hydrogen-bond donors (Lipinski definition) is 3. The first-order valence-corrected chi connectivity index (χ1v) is 14.0. The van der Waals surface area contributed by atoms with E-state index >= 15 is 0 Å². The molecule has 34 heavy (non-hydrogen) atoms. The highest BCUT2D eigenvalue weighted by molar-refractivity contribution is 5.76. The Balaban J connectivity index is 1.62. The van der Waals surface area contributed by atoms with Crippen LogP contribution >= 0.6 is 0 Å². The number of aliphatic hydroxyl groups excluding tert-OH is 2. The summed E-state index contributed by atoms with van der Waals surface area (Å²) in [5, 5.41) is 32.4. The van der Waals surface area contributed by atoms with Gasteiger partial charge in [-0.1, -0.05) is 60.1 Å². The highest BCUT2D eigenvalue weighted by Crippen LogP contribution is 2.75. The van der Waals surface area contributed by atoms with Crippen LogP contribution in [0, 0.1) is 56.7 Å². The van der Waals surface area contributed by atoms with Gasteiger partial charge in [0.05, 0.1) is 17.6 Å². The van der Waals surface area contributed by atoms with E-state index < -0.39 is 23.6 Å². The van der Waals surface area contributed by atoms with Crippen LogP contribution in [0.5, 0.6) is 0 Å². The minimum absolute atomic E-state index is 0.00993. The van der Waals surface area contributed by atoms with Crippen molar-refractivity contribution in [3.63, 3.8) is 0 Å². The van der Waals surface area contributed by atoms with E-state index in [9.17, 15) is 20.1 Å². The third-order valence-corrected chi connectivity index (χ3v) is 13.4. The summed E-state index contributed by atoms with van der Waals surface area (Å²) < 4.78 is 0. The van der Waals surface area contributed by atoms with Gasteiger partial charge in [0.15, 0.2) is 0 Å². The second-order valence-corrected chi connectivity index (χ2v) is 14.6. The first-order chi connectivity index (χ1) is 15.7. The number of allylic oxidation sites excluding steroid dienone is 2. The monoisotopic (exact) mass is 472 g/mol. The first-order valence-electron chi connectivity index (χ1n) is 14.0. The Labute approximate surface area is 206 Å². The fourth-order valence-corrected chi connectivity index (χ4v) is 11.0. The summed E-state index contributed by atoms with van der Waals surface area (Å²) in [6.45, 7) is 16.3. The predicted molar refractivity (Wildman–Crippen MR) is 134 cm³/mol. The molecule has 11 atom stereocenters. The average molecular weight is 473 g/mol. The second kappa shape index (κ2) is 7.34. The van der Waals surface area contributed by atoms with Gasteiger partial charge in [-0.2, -0.15) is 0 Å². The SMILES string of the molecule is CC1CC[C@]2(C(=O)O)CC[C@]3(C)C(=CCC4[C@@]5(C)CC(O)[C@H](O)C(C)(C)C5CC[C@]43C)C2[C@H]1C. The Kier molecular flexibility index (Phi) is 5.36. The largest absolute Gasteiger partial charge is 0.481 e. The van der Waals surface area contributed by atoms with Crippen molar-refractivity contribution in [3.8, 4) is 0 Å². The maximum absolute atomic E-state index is 12.8. The zero-order valence-corrected chi connectivity index (χ0v) is 22.5. The van der Waals surface area contributed by atoms with Gasteiger partial charge in [0.1, 0.15) is 0 Å². The molecule has 0 aromatic rings. The average Bonchev–Trinajstić information content (AvgIpc) is 2.75. The molecule has 0 saturated heterocycles. The molecule has 5 unspecified atom stereocenters. The highest BCUT2D eigenvalue weighted by atomic mass is 16.4. The van der Waals surface area contributed by atoms with Gasteiger partial charge in [0, 0.05) is 0 Å². The van der Waals surface area contributed by atoms with Crippen LogP contribution in [0.15, 0.2) is 11.6 Å². The first kappa shape index (κ1) is 24.8. The van der Waals surface area contributed by atoms with Crippen LogP contribution in [0.3, 0.4) is 0 Å². The van der Waals surface area contributed by atoms with Crippen LogP contribution in [0.4, 0.5) is 0 Å². The maximum Gasteiger partial charge on any atom is 0.310 e. The van der Waals surface area contributed by atoms with E-state index in [2.05, 4.69) is 54.5 Å². The van der Waals surface area contributed by atoms with E-state index in [4.69, 9.17) is 0 Å². The molecule has 5 aliphatic carbocycles. The van der Waals surface area contributed by atoms with Crippen molar-refractivity contribution >= 4 is 5.97 Å². The molecule has 0 amide bonds. The summed E-state index contributed by atoms with van der Waals surface area (Å²) in [4.78, 5) is 12.8. The van der Waals surface area contributed by atoms with Gasteiger partial charge in [-0.05, 0) is 103 Å². The maximum atomic E-state index is 12.8. The molecular formula is C30H48O4. The quantitative estimate of drug-likeness (QED) is 0.405. The van der Waals surface area contributed by atoms with Crippen molar-refractivity contribution in [3.05, 3.63) is 11.6 Å². The van der Waals surface area contributed by atoms with Crippen LogP contribution in [-0.2, 0) is 4.79 Å². The number of rotatable bonds is 1. The van der Waals surface area contributed by atoms with Crippen molar-refractivity contribution in [1.82, 2.24) is 0 Å². The molecule has 4 fully saturated rings. The van der Waals surface area contributed by atoms with Crippen molar-refractivity contribution in [2.24, 2.45) is 56.7 Å². The third kappa shape index (κ3) is 2.76. The van der Waals surface area contributed by atoms with Crippen molar-refractivity contribution in [2.75, 3.05) is 0 Å². The van der Waals surface area contributed by atoms with Gasteiger partial charge >= 0.3 is 5.97 Å². The smallest absolute Gasteiger partial charge is 0.310 e. The zero-order chi connectivity index (χ0) is 25.1. The van der Waals surface area contributed by atoms with E-state index in [-0.39, 0.29) is 27.6 Å². The predicted octanol–water partition coefficient (Wildman–Crippen LogP) is 6.06. The molecule has 0 aromatic heterocycles. The second-order valence-electron chi connectivity index (χ2n) is 14.6. The number of aliphatic hydroxyl groups is 2. The van der Waals surface area contributed by atoms with E-state index in [1.807, 2.05) is 0 Å². The molecule has 0 aliphatic heterocycles. The lowest BCUT2D eigenvalue weighted by Gasteiger charge is -2.71. The molecule has 192 valence electrons. The van der Waals surface area contributed by atoms with E-state index in [1.165, 1.54) is 5.57 Å². The standard InChI is InChI=1S/C30H48O4/c1-17-10-13-30(25(33)34)15-14-28(6)19(23(30)18(17)2)8-9-22-27(5)16-20(31)24(32)26(3,4)21(27)11-12-29(22,28)7/h8,17-18,20-24,31-32H,9-16H2,1-7H3,(H,33,34)/t17?,18-,20?,21?,22?,23?,24-,27-,28+,29+,30-/m0/s1. The Morgan fingerprint density at radius 2 is 1.62 bits per heavy atom. The van der Waals surface area contributed by atoms with Gasteiger partial charge in [-0.15, -0.1) is 0 Å². The molecule has 3 N–H and O–H groups in total. The van der Waals surface area contributed by atoms with Crippen molar-refractivity contribution in [2.45, 2.75) is 112 Å². The molecule has 4 heteroatoms. The molecule has 0 bridgehead atoms. The van der Waals surface area contributed by atoms with E-state index in [1.54, 1.807) is 0 Å². The fraction of sp³-hybridized carbons (Fsp3) is 0.900. The zero-order valence-electron chi connectivity index (χ0n) is 22.5. The highest BCUT2D eigenvalue weighted by Gasteiger charge is 2.70. The molecule has 5 rings (SSSR count). The molecule has 4 saturated carbocycles. The van der Waals surface area contributed by atoms with Gasteiger partial charge in [0.25, 0.3) is 0 Å². The summed E-state index contributed by atoms with van der Waals surface area (Å²) in [6, 6.07) is 0. The number of carboxylic acid groups (broad SMARTS) is 1. The molecule has 0 heterocycles. The number of carboxylic acids is 1. The lowest BCUT2D eigenvalue weighted by atomic mass is 9.33. The van der Waals surface area contributed by atoms with Crippen LogP contribution < -0.4 is 0 Å². The molecule has 0 radical (unpaired) electrons. The van der Waals surface area contributed by atoms with Crippen LogP contribution in [0.2, 0.25) is 0 Å². The Bertz CT molecular complexity index is 907. The minimum atomic E-state index is -0.679. The summed E-state index contributed by atoms with van der Waals surface area (Å²) >= 11 is 0. The van der Waals surface area contributed by atoms with Crippen LogP contribution in [0.25, 0.3) is 0 Å². The molecule has 0 aromatic carbocycles. The Morgan fingerprint density at radius 3 is 2.26 bits per heavy atom. The Morgan fingerprint density at radius 1 is 0.941 bits per heavy atom. The van der Waals surface area contributed by atoms with Crippen LogP contribution in [0.1, 0.15) is 99.8 Å². The summed E-state index contributed by atoms with van der Waals surface area (Å²) in [6.07, 6.45) is 8.53. The van der Waals surface area contributed by atoms with Gasteiger partial charge in [0.2, 0.25) is 0 Å². The lowest BCUT2D eigenvalue weighted by Crippen LogP contribution is -2.67. The number of fused-ring (bicyclic) bond motifs is 7. The van der Waals surface area contributed by atoms with E-state index in [0.29, 0.717) is 30.1 Å². The molecule has 5 aliphatic rings. The third-order valence-electron chi connectivity index (χ3n) is 13.4. The number of hydrogen-bond acceptors (Lipinski definition) is 3. The van der Waals surface area contributed by atoms with E-state index in [0.717, 1.165) is 44.9 Å². The Hall–Kier alpha value is -0.870. The van der Waals surface area contributed by atoms with Gasteiger partial charge in [-0.25, -0.2) is 0 Å². The number of aliphatic carboxylic acids is 1. The summed E-state index contributed by atoms with van der Waals surface area (Å²) in [5.41, 5.74) is 0.574. The topological polar surface area (TPSA) is 77.8 Å². The summed E-state index contributed by atoms with van der Waals surface area (Å²) in [5.74, 6) is 1.30. The molecule has 4 nitrogen and oxygen atoms in total. The van der Waals surface area contributed by atoms with Crippen LogP contribution in [-0.4, -0.2) is 33.5 Å². The van der Waals surface area contributed by atoms with Crippen molar-refractivity contribution in [1.29, 1.82) is 0 Å². The molecule has 0 spiro atoms. The fourth-order valence-electron chi connectivity index (χ4n) is 11.0. The molecular weight excluding hydrogens is 424 g/mol. The number of carbonyl (C=O) groups is 1.